The van der Waals surface area contributed by atoms with Crippen LogP contribution >= 0.6 is 0 Å². The molecule has 1 amide bonds. The summed E-state index contributed by atoms with van der Waals surface area (Å²) < 4.78 is 6.78. The van der Waals surface area contributed by atoms with Crippen LogP contribution in [0.4, 0.5) is 0 Å². The minimum absolute atomic E-state index is 0.0493. The van der Waals surface area contributed by atoms with Gasteiger partial charge in [0.05, 0.1) is 23.9 Å². The molecule has 1 fully saturated rings. The van der Waals surface area contributed by atoms with E-state index in [1.54, 1.807) is 9.58 Å². The minimum atomic E-state index is -0.153. The number of aryl methyl sites for hydroxylation is 1. The van der Waals surface area contributed by atoms with Crippen molar-refractivity contribution in [1.29, 1.82) is 0 Å². The first-order chi connectivity index (χ1) is 12.1. The number of carbonyl (C=O) groups is 2. The lowest BCUT2D eigenvalue weighted by molar-refractivity contribution is -0.149. The Bertz CT molecular complexity index is 747. The molecule has 0 spiro atoms. The third-order valence-electron chi connectivity index (χ3n) is 4.45. The smallest absolute Gasteiger partial charge is 0.309 e. The van der Waals surface area contributed by atoms with Gasteiger partial charge in [-0.3, -0.25) is 9.59 Å². The molecular formula is C19H23N3O3. The number of esters is 1. The second-order valence-electron chi connectivity index (χ2n) is 6.24. The Balaban J connectivity index is 1.74. The second-order valence-corrected chi connectivity index (χ2v) is 6.24. The third kappa shape index (κ3) is 3.73. The zero-order valence-electron chi connectivity index (χ0n) is 14.6. The summed E-state index contributed by atoms with van der Waals surface area (Å²) in [4.78, 5) is 26.6. The SMILES string of the molecule is CCOC(=O)C1CCN(C(=O)c2cc(C)nn2-c2ccccc2)CC1. The fourth-order valence-electron chi connectivity index (χ4n) is 3.16. The summed E-state index contributed by atoms with van der Waals surface area (Å²) in [6.07, 6.45) is 1.28. The summed E-state index contributed by atoms with van der Waals surface area (Å²) >= 11 is 0. The highest BCUT2D eigenvalue weighted by Crippen LogP contribution is 2.22. The fourth-order valence-corrected chi connectivity index (χ4v) is 3.16. The molecule has 1 aromatic heterocycles. The molecule has 1 aliphatic heterocycles. The van der Waals surface area contributed by atoms with E-state index in [4.69, 9.17) is 4.74 Å². The average Bonchev–Trinajstić information content (AvgIpc) is 3.04. The van der Waals surface area contributed by atoms with Crippen molar-refractivity contribution in [2.24, 2.45) is 5.92 Å². The van der Waals surface area contributed by atoms with Gasteiger partial charge in [0.15, 0.2) is 0 Å². The first-order valence-electron chi connectivity index (χ1n) is 8.68. The average molecular weight is 341 g/mol. The predicted octanol–water partition coefficient (Wildman–Crippen LogP) is 2.60. The maximum absolute atomic E-state index is 13.0. The third-order valence-corrected chi connectivity index (χ3v) is 4.45. The molecule has 0 radical (unpaired) electrons. The van der Waals surface area contributed by atoms with Crippen molar-refractivity contribution in [3.63, 3.8) is 0 Å². The lowest BCUT2D eigenvalue weighted by atomic mass is 9.97. The van der Waals surface area contributed by atoms with E-state index < -0.39 is 0 Å². The van der Waals surface area contributed by atoms with E-state index in [1.165, 1.54) is 0 Å². The lowest BCUT2D eigenvalue weighted by Gasteiger charge is -2.30. The Morgan fingerprint density at radius 2 is 1.88 bits per heavy atom. The summed E-state index contributed by atoms with van der Waals surface area (Å²) in [5.41, 5.74) is 2.22. The molecule has 3 rings (SSSR count). The van der Waals surface area contributed by atoms with Crippen LogP contribution in [0, 0.1) is 12.8 Å². The second kappa shape index (κ2) is 7.51. The number of amides is 1. The molecule has 0 N–H and O–H groups in total. The number of likely N-dealkylation sites (tertiary alicyclic amines) is 1. The number of hydrogen-bond acceptors (Lipinski definition) is 4. The van der Waals surface area contributed by atoms with E-state index in [9.17, 15) is 9.59 Å². The Kier molecular flexibility index (Phi) is 5.16. The summed E-state index contributed by atoms with van der Waals surface area (Å²) in [5, 5.41) is 4.46. The Morgan fingerprint density at radius 3 is 2.52 bits per heavy atom. The zero-order chi connectivity index (χ0) is 17.8. The number of ether oxygens (including phenoxy) is 1. The van der Waals surface area contributed by atoms with Crippen LogP contribution in [-0.4, -0.2) is 46.3 Å². The molecule has 1 saturated heterocycles. The van der Waals surface area contributed by atoms with Crippen molar-refractivity contribution in [3.05, 3.63) is 47.8 Å². The molecule has 0 unspecified atom stereocenters. The number of piperidine rings is 1. The molecule has 6 heteroatoms. The quantitative estimate of drug-likeness (QED) is 0.802. The van der Waals surface area contributed by atoms with E-state index in [1.807, 2.05) is 50.2 Å². The van der Waals surface area contributed by atoms with Crippen molar-refractivity contribution < 1.29 is 14.3 Å². The maximum atomic E-state index is 13.0. The van der Waals surface area contributed by atoms with Gasteiger partial charge in [-0.2, -0.15) is 5.10 Å². The highest BCUT2D eigenvalue weighted by Gasteiger charge is 2.30. The molecule has 6 nitrogen and oxygen atoms in total. The standard InChI is InChI=1S/C19H23N3O3/c1-3-25-19(24)15-9-11-21(12-10-15)18(23)17-13-14(2)20-22(17)16-7-5-4-6-8-16/h4-8,13,15H,3,9-12H2,1-2H3. The van der Waals surface area contributed by atoms with E-state index >= 15 is 0 Å². The number of aromatic nitrogens is 2. The molecule has 25 heavy (non-hydrogen) atoms. The van der Waals surface area contributed by atoms with Crippen LogP contribution in [0.15, 0.2) is 36.4 Å². The largest absolute Gasteiger partial charge is 0.466 e. The summed E-state index contributed by atoms with van der Waals surface area (Å²) in [6, 6.07) is 11.4. The fraction of sp³-hybridized carbons (Fsp3) is 0.421. The number of para-hydroxylation sites is 1. The van der Waals surface area contributed by atoms with Gasteiger partial charge in [0, 0.05) is 13.1 Å². The topological polar surface area (TPSA) is 64.4 Å². The highest BCUT2D eigenvalue weighted by atomic mass is 16.5. The van der Waals surface area contributed by atoms with Gasteiger partial charge < -0.3 is 9.64 Å². The number of rotatable bonds is 4. The van der Waals surface area contributed by atoms with Gasteiger partial charge in [0.1, 0.15) is 5.69 Å². The van der Waals surface area contributed by atoms with E-state index in [-0.39, 0.29) is 17.8 Å². The van der Waals surface area contributed by atoms with Gasteiger partial charge in [-0.05, 0) is 44.9 Å². The molecule has 2 aromatic rings. The number of carbonyl (C=O) groups excluding carboxylic acids is 2. The summed E-state index contributed by atoms with van der Waals surface area (Å²) in [5.74, 6) is -0.309. The van der Waals surface area contributed by atoms with E-state index in [2.05, 4.69) is 5.10 Å². The van der Waals surface area contributed by atoms with Gasteiger partial charge >= 0.3 is 5.97 Å². The van der Waals surface area contributed by atoms with Gasteiger partial charge in [-0.25, -0.2) is 4.68 Å². The van der Waals surface area contributed by atoms with Crippen LogP contribution < -0.4 is 0 Å². The van der Waals surface area contributed by atoms with E-state index in [0.29, 0.717) is 38.2 Å². The van der Waals surface area contributed by atoms with Crippen LogP contribution in [0.2, 0.25) is 0 Å². The monoisotopic (exact) mass is 341 g/mol. The highest BCUT2D eigenvalue weighted by molar-refractivity contribution is 5.93. The van der Waals surface area contributed by atoms with Crippen LogP contribution in [0.25, 0.3) is 5.69 Å². The molecule has 0 atom stereocenters. The molecule has 0 saturated carbocycles. The number of nitrogens with zero attached hydrogens (tertiary/aromatic N) is 3. The zero-order valence-corrected chi connectivity index (χ0v) is 14.6. The van der Waals surface area contributed by atoms with Crippen LogP contribution in [0.3, 0.4) is 0 Å². The summed E-state index contributed by atoms with van der Waals surface area (Å²) in [7, 11) is 0. The maximum Gasteiger partial charge on any atom is 0.309 e. The van der Waals surface area contributed by atoms with Crippen molar-refractivity contribution in [2.45, 2.75) is 26.7 Å². The molecule has 132 valence electrons. The van der Waals surface area contributed by atoms with Crippen molar-refractivity contribution in [3.8, 4) is 5.69 Å². The minimum Gasteiger partial charge on any atom is -0.466 e. The van der Waals surface area contributed by atoms with Gasteiger partial charge in [0.2, 0.25) is 0 Å². The van der Waals surface area contributed by atoms with E-state index in [0.717, 1.165) is 11.4 Å². The van der Waals surface area contributed by atoms with Gasteiger partial charge in [-0.15, -0.1) is 0 Å². The first kappa shape index (κ1) is 17.2. The molecule has 0 aliphatic carbocycles. The number of benzene rings is 1. The van der Waals surface area contributed by atoms with Crippen molar-refractivity contribution in [2.75, 3.05) is 19.7 Å². The van der Waals surface area contributed by atoms with Gasteiger partial charge in [0.25, 0.3) is 5.91 Å². The Hall–Kier alpha value is -2.63. The molecule has 2 heterocycles. The lowest BCUT2D eigenvalue weighted by Crippen LogP contribution is -2.41. The van der Waals surface area contributed by atoms with Gasteiger partial charge in [-0.1, -0.05) is 18.2 Å². The normalized spacial score (nSPS) is 15.2. The van der Waals surface area contributed by atoms with Crippen molar-refractivity contribution in [1.82, 2.24) is 14.7 Å². The summed E-state index contributed by atoms with van der Waals surface area (Å²) in [6.45, 7) is 5.20. The van der Waals surface area contributed by atoms with Crippen LogP contribution in [0.1, 0.15) is 35.9 Å². The predicted molar refractivity (Wildman–Crippen MR) is 93.6 cm³/mol. The molecule has 1 aromatic carbocycles. The van der Waals surface area contributed by atoms with Crippen LogP contribution in [0.5, 0.6) is 0 Å². The van der Waals surface area contributed by atoms with Crippen molar-refractivity contribution >= 4 is 11.9 Å². The first-order valence-corrected chi connectivity index (χ1v) is 8.68. The Labute approximate surface area is 147 Å². The van der Waals surface area contributed by atoms with Crippen LogP contribution in [-0.2, 0) is 9.53 Å². The molecule has 1 aliphatic rings. The molecule has 0 bridgehead atoms. The number of hydrogen-bond donors (Lipinski definition) is 0. The molecular weight excluding hydrogens is 318 g/mol. The Morgan fingerprint density at radius 1 is 1.20 bits per heavy atom.